The van der Waals surface area contributed by atoms with Crippen molar-refractivity contribution >= 4 is 59.9 Å². The number of halogens is 2. The molecule has 0 fully saturated rings. The molecule has 0 atom stereocenters. The van der Waals surface area contributed by atoms with Crippen LogP contribution in [0.1, 0.15) is 6.92 Å². The molecule has 1 aromatic heterocycles. The molecule has 1 heterocycles. The van der Waals surface area contributed by atoms with Crippen LogP contribution in [0.15, 0.2) is 22.0 Å². The van der Waals surface area contributed by atoms with Crippen molar-refractivity contribution in [3.8, 4) is 5.75 Å². The standard InChI is InChI=1S/C10H8BrIOS/c1-2-13-9-7(12)4-3-6-5-8(11)14-10(6)9/h3-5H,2H2,1H3. The summed E-state index contributed by atoms with van der Waals surface area (Å²) in [6.07, 6.45) is 0. The number of hydrogen-bond donors (Lipinski definition) is 0. The van der Waals surface area contributed by atoms with E-state index < -0.39 is 0 Å². The largest absolute Gasteiger partial charge is 0.491 e. The lowest BCUT2D eigenvalue weighted by molar-refractivity contribution is 0.342. The van der Waals surface area contributed by atoms with E-state index in [9.17, 15) is 0 Å². The summed E-state index contributed by atoms with van der Waals surface area (Å²) in [4.78, 5) is 0. The molecule has 4 heteroatoms. The molecule has 0 radical (unpaired) electrons. The molecule has 0 aliphatic rings. The molecule has 0 aliphatic heterocycles. The number of rotatable bonds is 2. The van der Waals surface area contributed by atoms with E-state index in [0.29, 0.717) is 6.61 Å². The first-order valence-corrected chi connectivity index (χ1v) is 6.91. The molecule has 1 nitrogen and oxygen atoms in total. The third-order valence-corrected chi connectivity index (χ3v) is 4.35. The van der Waals surface area contributed by atoms with Crippen molar-refractivity contribution in [2.75, 3.05) is 6.61 Å². The Balaban J connectivity index is 2.68. The number of ether oxygens (including phenoxy) is 1. The number of fused-ring (bicyclic) bond motifs is 1. The fourth-order valence-electron chi connectivity index (χ4n) is 1.30. The molecule has 2 rings (SSSR count). The highest BCUT2D eigenvalue weighted by atomic mass is 127. The summed E-state index contributed by atoms with van der Waals surface area (Å²) in [5.41, 5.74) is 0. The van der Waals surface area contributed by atoms with Gasteiger partial charge < -0.3 is 4.74 Å². The van der Waals surface area contributed by atoms with E-state index >= 15 is 0 Å². The Morgan fingerprint density at radius 3 is 3.00 bits per heavy atom. The van der Waals surface area contributed by atoms with Crippen molar-refractivity contribution in [1.82, 2.24) is 0 Å². The van der Waals surface area contributed by atoms with Crippen LogP contribution in [-0.2, 0) is 0 Å². The minimum absolute atomic E-state index is 0.713. The first kappa shape index (κ1) is 10.7. The van der Waals surface area contributed by atoms with Crippen molar-refractivity contribution in [3.05, 3.63) is 25.6 Å². The second kappa shape index (κ2) is 4.37. The average molecular weight is 383 g/mol. The molecule has 0 bridgehead atoms. The maximum absolute atomic E-state index is 5.65. The molecule has 1 aromatic carbocycles. The van der Waals surface area contributed by atoms with Gasteiger partial charge in [0, 0.05) is 0 Å². The quantitative estimate of drug-likeness (QED) is 0.686. The Labute approximate surface area is 109 Å². The molecular weight excluding hydrogens is 375 g/mol. The zero-order valence-corrected chi connectivity index (χ0v) is 12.1. The summed E-state index contributed by atoms with van der Waals surface area (Å²) in [6.45, 7) is 2.72. The van der Waals surface area contributed by atoms with Gasteiger partial charge >= 0.3 is 0 Å². The van der Waals surface area contributed by atoms with Gasteiger partial charge in [0.05, 0.1) is 18.7 Å². The third kappa shape index (κ3) is 1.92. The normalized spacial score (nSPS) is 10.8. The molecule has 0 N–H and O–H groups in total. The second-order valence-electron chi connectivity index (χ2n) is 2.78. The van der Waals surface area contributed by atoms with Gasteiger partial charge in [-0.1, -0.05) is 6.07 Å². The van der Waals surface area contributed by atoms with E-state index in [1.165, 1.54) is 13.7 Å². The summed E-state index contributed by atoms with van der Waals surface area (Å²) >= 11 is 7.52. The fourth-order valence-corrected chi connectivity index (χ4v) is 3.71. The summed E-state index contributed by atoms with van der Waals surface area (Å²) in [5.74, 6) is 1.02. The lowest BCUT2D eigenvalue weighted by Gasteiger charge is -2.06. The Morgan fingerprint density at radius 1 is 1.50 bits per heavy atom. The first-order chi connectivity index (χ1) is 6.72. The molecular formula is C10H8BrIOS. The van der Waals surface area contributed by atoms with E-state index in [1.54, 1.807) is 11.3 Å². The maximum Gasteiger partial charge on any atom is 0.150 e. The van der Waals surface area contributed by atoms with Crippen LogP contribution in [0, 0.1) is 3.57 Å². The predicted octanol–water partition coefficient (Wildman–Crippen LogP) is 4.67. The Kier molecular flexibility index (Phi) is 3.34. The van der Waals surface area contributed by atoms with Crippen LogP contribution < -0.4 is 4.74 Å². The van der Waals surface area contributed by atoms with E-state index in [1.807, 2.05) is 6.92 Å². The SMILES string of the molecule is CCOc1c(I)ccc2cc(Br)sc12. The van der Waals surface area contributed by atoms with Crippen LogP contribution in [-0.4, -0.2) is 6.61 Å². The van der Waals surface area contributed by atoms with Gasteiger partial charge in [-0.3, -0.25) is 0 Å². The Hall–Kier alpha value is 0.190. The molecule has 2 aromatic rings. The molecule has 0 saturated carbocycles. The topological polar surface area (TPSA) is 9.23 Å². The third-order valence-electron chi connectivity index (χ3n) is 1.85. The van der Waals surface area contributed by atoms with E-state index in [2.05, 4.69) is 56.7 Å². The highest BCUT2D eigenvalue weighted by Crippen LogP contribution is 2.38. The van der Waals surface area contributed by atoms with Crippen LogP contribution in [0.3, 0.4) is 0 Å². The van der Waals surface area contributed by atoms with Crippen LogP contribution in [0.25, 0.3) is 10.1 Å². The summed E-state index contributed by atoms with van der Waals surface area (Å²) in [5, 5.41) is 1.24. The van der Waals surface area contributed by atoms with Crippen molar-refractivity contribution in [3.63, 3.8) is 0 Å². The van der Waals surface area contributed by atoms with Crippen molar-refractivity contribution in [2.24, 2.45) is 0 Å². The van der Waals surface area contributed by atoms with Crippen LogP contribution in [0.2, 0.25) is 0 Å². The van der Waals surface area contributed by atoms with Crippen molar-refractivity contribution < 1.29 is 4.74 Å². The number of benzene rings is 1. The van der Waals surface area contributed by atoms with Gasteiger partial charge in [-0.15, -0.1) is 11.3 Å². The summed E-state index contributed by atoms with van der Waals surface area (Å²) in [7, 11) is 0. The van der Waals surface area contributed by atoms with Crippen LogP contribution >= 0.6 is 49.9 Å². The predicted molar refractivity (Wildman–Crippen MR) is 73.4 cm³/mol. The van der Waals surface area contributed by atoms with E-state index in [-0.39, 0.29) is 0 Å². The van der Waals surface area contributed by atoms with Gasteiger partial charge in [-0.05, 0) is 63.0 Å². The Bertz CT molecular complexity index is 466. The molecule has 0 spiro atoms. The maximum atomic E-state index is 5.65. The van der Waals surface area contributed by atoms with Crippen molar-refractivity contribution in [2.45, 2.75) is 6.92 Å². The molecule has 0 saturated heterocycles. The smallest absolute Gasteiger partial charge is 0.150 e. The highest BCUT2D eigenvalue weighted by Gasteiger charge is 2.09. The molecule has 14 heavy (non-hydrogen) atoms. The number of hydrogen-bond acceptors (Lipinski definition) is 2. The minimum Gasteiger partial charge on any atom is -0.491 e. The lowest BCUT2D eigenvalue weighted by atomic mass is 10.2. The zero-order valence-electron chi connectivity index (χ0n) is 7.51. The van der Waals surface area contributed by atoms with Gasteiger partial charge in [0.2, 0.25) is 0 Å². The second-order valence-corrected chi connectivity index (χ2v) is 6.37. The zero-order chi connectivity index (χ0) is 10.1. The minimum atomic E-state index is 0.713. The van der Waals surface area contributed by atoms with Crippen molar-refractivity contribution in [1.29, 1.82) is 0 Å². The van der Waals surface area contributed by atoms with Gasteiger partial charge in [-0.2, -0.15) is 0 Å². The Morgan fingerprint density at radius 2 is 2.29 bits per heavy atom. The number of thiophene rings is 1. The summed E-state index contributed by atoms with van der Waals surface area (Å²) in [6, 6.07) is 6.34. The molecule has 74 valence electrons. The van der Waals surface area contributed by atoms with Gasteiger partial charge in [0.25, 0.3) is 0 Å². The average Bonchev–Trinajstić information content (AvgIpc) is 2.51. The molecule has 0 amide bonds. The van der Waals surface area contributed by atoms with Gasteiger partial charge in [0.1, 0.15) is 5.75 Å². The fraction of sp³-hybridized carbons (Fsp3) is 0.200. The van der Waals surface area contributed by atoms with E-state index in [4.69, 9.17) is 4.74 Å². The first-order valence-electron chi connectivity index (χ1n) is 4.22. The van der Waals surface area contributed by atoms with Crippen LogP contribution in [0.4, 0.5) is 0 Å². The molecule has 0 unspecified atom stereocenters. The highest BCUT2D eigenvalue weighted by molar-refractivity contribution is 14.1. The van der Waals surface area contributed by atoms with E-state index in [0.717, 1.165) is 9.54 Å². The molecule has 0 aliphatic carbocycles. The van der Waals surface area contributed by atoms with Gasteiger partial charge in [-0.25, -0.2) is 0 Å². The van der Waals surface area contributed by atoms with Gasteiger partial charge in [0.15, 0.2) is 0 Å². The monoisotopic (exact) mass is 382 g/mol. The van der Waals surface area contributed by atoms with Crippen LogP contribution in [0.5, 0.6) is 5.75 Å². The summed E-state index contributed by atoms with van der Waals surface area (Å²) < 4.78 is 9.19. The lowest BCUT2D eigenvalue weighted by Crippen LogP contribution is -1.93.